The van der Waals surface area contributed by atoms with Crippen molar-refractivity contribution in [1.82, 2.24) is 34.6 Å². The summed E-state index contributed by atoms with van der Waals surface area (Å²) in [4.78, 5) is 4.82. The van der Waals surface area contributed by atoms with E-state index in [0.717, 1.165) is 32.1 Å². The van der Waals surface area contributed by atoms with Crippen LogP contribution in [-0.4, -0.2) is 67.8 Å². The molecule has 0 amide bonds. The summed E-state index contributed by atoms with van der Waals surface area (Å²) >= 11 is 0. The Kier molecular flexibility index (Phi) is 4.37. The lowest BCUT2D eigenvalue weighted by molar-refractivity contribution is 0.233. The number of hydrogen-bond donors (Lipinski definition) is 0. The van der Waals surface area contributed by atoms with Crippen LogP contribution in [0.15, 0.2) is 24.7 Å². The molecule has 1 saturated heterocycles. The second kappa shape index (κ2) is 6.64. The predicted molar refractivity (Wildman–Crippen MR) is 91.4 cm³/mol. The summed E-state index contributed by atoms with van der Waals surface area (Å²) in [6.45, 7) is 4.09. The normalized spacial score (nSPS) is 25.5. The predicted octanol–water partition coefficient (Wildman–Crippen LogP) is 1.26. The first-order valence-electron chi connectivity index (χ1n) is 8.96. The molecule has 2 aliphatic rings. The van der Waals surface area contributed by atoms with E-state index in [1.54, 1.807) is 6.20 Å². The molecule has 2 fully saturated rings. The zero-order chi connectivity index (χ0) is 16.5. The fourth-order valence-electron chi connectivity index (χ4n) is 3.95. The number of hydrogen-bond acceptors (Lipinski definition) is 5. The lowest BCUT2D eigenvalue weighted by Crippen LogP contribution is -2.36. The lowest BCUT2D eigenvalue weighted by atomic mass is 9.85. The average Bonchev–Trinajstić information content (AvgIpc) is 3.24. The van der Waals surface area contributed by atoms with Crippen molar-refractivity contribution in [3.63, 3.8) is 0 Å². The molecule has 0 radical (unpaired) electrons. The third-order valence-corrected chi connectivity index (χ3v) is 5.62. The Labute approximate surface area is 143 Å². The molecular weight excluding hydrogens is 302 g/mol. The Hall–Kier alpha value is -1.73. The molecule has 7 nitrogen and oxygen atoms in total. The maximum Gasteiger partial charge on any atom is 0.0831 e. The fraction of sp³-hybridized carbons (Fsp3) is 0.706. The van der Waals surface area contributed by atoms with E-state index >= 15 is 0 Å². The molecule has 2 aromatic heterocycles. The molecule has 7 heteroatoms. The van der Waals surface area contributed by atoms with Gasteiger partial charge in [0.1, 0.15) is 0 Å². The van der Waals surface area contributed by atoms with Crippen molar-refractivity contribution in [3.8, 4) is 0 Å². The molecule has 1 aliphatic carbocycles. The summed E-state index contributed by atoms with van der Waals surface area (Å²) in [7, 11) is 4.30. The molecule has 1 saturated carbocycles. The van der Waals surface area contributed by atoms with Crippen LogP contribution in [0, 0.1) is 5.92 Å². The molecule has 0 aromatic carbocycles. The maximum absolute atomic E-state index is 4.56. The van der Waals surface area contributed by atoms with Crippen molar-refractivity contribution in [3.05, 3.63) is 30.4 Å². The van der Waals surface area contributed by atoms with Crippen molar-refractivity contribution >= 4 is 0 Å². The van der Waals surface area contributed by atoms with Gasteiger partial charge >= 0.3 is 0 Å². The number of likely N-dealkylation sites (N-methyl/N-ethyl adjacent to an activating group) is 1. The van der Waals surface area contributed by atoms with Gasteiger partial charge in [0.25, 0.3) is 0 Å². The topological polar surface area (TPSA) is 55.0 Å². The second-order valence-electron chi connectivity index (χ2n) is 7.48. The van der Waals surface area contributed by atoms with Gasteiger partial charge in [-0.15, -0.1) is 5.10 Å². The first-order valence-corrected chi connectivity index (χ1v) is 8.96. The molecule has 3 heterocycles. The molecule has 2 aromatic rings. The first kappa shape index (κ1) is 15.8. The zero-order valence-corrected chi connectivity index (χ0v) is 14.6. The van der Waals surface area contributed by atoms with Gasteiger partial charge in [-0.2, -0.15) is 5.10 Å². The highest BCUT2D eigenvalue weighted by atomic mass is 15.5. The largest absolute Gasteiger partial charge is 0.303 e. The summed E-state index contributed by atoms with van der Waals surface area (Å²) < 4.78 is 4.23. The molecule has 1 aliphatic heterocycles. The molecule has 0 bridgehead atoms. The molecule has 130 valence electrons. The summed E-state index contributed by atoms with van der Waals surface area (Å²) in [5.41, 5.74) is 1.33. The van der Waals surface area contributed by atoms with Crippen LogP contribution in [0.1, 0.15) is 31.0 Å². The van der Waals surface area contributed by atoms with Gasteiger partial charge in [0.2, 0.25) is 0 Å². The van der Waals surface area contributed by atoms with E-state index in [9.17, 15) is 0 Å². The molecule has 0 unspecified atom stereocenters. The highest BCUT2D eigenvalue weighted by Crippen LogP contribution is 2.29. The smallest absolute Gasteiger partial charge is 0.0831 e. The molecule has 2 atom stereocenters. The van der Waals surface area contributed by atoms with Crippen LogP contribution >= 0.6 is 0 Å². The zero-order valence-electron chi connectivity index (χ0n) is 14.6. The van der Waals surface area contributed by atoms with Gasteiger partial charge in [0.05, 0.1) is 17.9 Å². The van der Waals surface area contributed by atoms with Crippen LogP contribution in [0.25, 0.3) is 0 Å². The number of nitrogens with zero attached hydrogens (tertiary/aromatic N) is 7. The third kappa shape index (κ3) is 3.10. The van der Waals surface area contributed by atoms with Crippen molar-refractivity contribution in [2.75, 3.05) is 27.2 Å². The maximum atomic E-state index is 4.56. The number of aromatic nitrogens is 5. The Balaban J connectivity index is 1.44. The van der Waals surface area contributed by atoms with Crippen molar-refractivity contribution < 1.29 is 0 Å². The quantitative estimate of drug-likeness (QED) is 0.799. The fourth-order valence-corrected chi connectivity index (χ4v) is 3.95. The van der Waals surface area contributed by atoms with E-state index in [1.807, 2.05) is 17.1 Å². The lowest BCUT2D eigenvalue weighted by Gasteiger charge is -2.26. The van der Waals surface area contributed by atoms with Crippen LogP contribution in [0.4, 0.5) is 0 Å². The van der Waals surface area contributed by atoms with Crippen molar-refractivity contribution in [2.24, 2.45) is 5.92 Å². The van der Waals surface area contributed by atoms with Gasteiger partial charge in [0, 0.05) is 44.6 Å². The summed E-state index contributed by atoms with van der Waals surface area (Å²) in [6, 6.07) is 2.98. The van der Waals surface area contributed by atoms with Crippen molar-refractivity contribution in [2.45, 2.75) is 44.4 Å². The van der Waals surface area contributed by atoms with E-state index < -0.39 is 0 Å². The van der Waals surface area contributed by atoms with Crippen LogP contribution in [0.2, 0.25) is 0 Å². The highest BCUT2D eigenvalue weighted by molar-refractivity contribution is 5.03. The Bertz CT molecular complexity index is 644. The van der Waals surface area contributed by atoms with E-state index in [0.29, 0.717) is 12.1 Å². The van der Waals surface area contributed by atoms with E-state index in [1.165, 1.54) is 25.0 Å². The van der Waals surface area contributed by atoms with Gasteiger partial charge in [-0.25, -0.2) is 4.68 Å². The minimum absolute atomic E-state index is 0.352. The van der Waals surface area contributed by atoms with E-state index in [4.69, 9.17) is 0 Å². The summed E-state index contributed by atoms with van der Waals surface area (Å²) in [6.07, 6.45) is 9.80. The van der Waals surface area contributed by atoms with Crippen LogP contribution in [0.3, 0.4) is 0 Å². The molecule has 0 N–H and O–H groups in total. The molecule has 4 rings (SSSR count). The van der Waals surface area contributed by atoms with E-state index in [-0.39, 0.29) is 0 Å². The van der Waals surface area contributed by atoms with Gasteiger partial charge in [-0.05, 0) is 38.9 Å². The van der Waals surface area contributed by atoms with Gasteiger partial charge in [-0.3, -0.25) is 9.58 Å². The summed E-state index contributed by atoms with van der Waals surface area (Å²) in [5, 5.41) is 12.8. The van der Waals surface area contributed by atoms with Crippen LogP contribution in [0.5, 0.6) is 0 Å². The SMILES string of the molecule is CN(C)[C@@H]1CN(Cc2ccnn2CC2CCC2)C[C@@H]1n1ccnn1. The van der Waals surface area contributed by atoms with Gasteiger partial charge < -0.3 is 4.90 Å². The highest BCUT2D eigenvalue weighted by Gasteiger charge is 2.36. The Morgan fingerprint density at radius 3 is 2.75 bits per heavy atom. The minimum atomic E-state index is 0.352. The molecule has 0 spiro atoms. The summed E-state index contributed by atoms with van der Waals surface area (Å²) in [5.74, 6) is 0.833. The Morgan fingerprint density at radius 2 is 2.08 bits per heavy atom. The number of rotatable bonds is 6. The van der Waals surface area contributed by atoms with Crippen LogP contribution < -0.4 is 0 Å². The molecule has 24 heavy (non-hydrogen) atoms. The average molecular weight is 329 g/mol. The molecular formula is C17H27N7. The monoisotopic (exact) mass is 329 g/mol. The second-order valence-corrected chi connectivity index (χ2v) is 7.48. The van der Waals surface area contributed by atoms with E-state index in [2.05, 4.69) is 50.1 Å². The Morgan fingerprint density at radius 1 is 1.21 bits per heavy atom. The van der Waals surface area contributed by atoms with Gasteiger partial charge in [-0.1, -0.05) is 11.6 Å². The van der Waals surface area contributed by atoms with Crippen LogP contribution in [-0.2, 0) is 13.1 Å². The first-order chi connectivity index (χ1) is 11.7. The minimum Gasteiger partial charge on any atom is -0.303 e. The van der Waals surface area contributed by atoms with Crippen molar-refractivity contribution in [1.29, 1.82) is 0 Å². The van der Waals surface area contributed by atoms with Gasteiger partial charge in [0.15, 0.2) is 0 Å². The third-order valence-electron chi connectivity index (χ3n) is 5.62. The standard InChI is InChI=1S/C17H27N7/c1-21(2)16-12-22(13-17(16)23-9-8-18-20-23)11-15-6-7-19-24(15)10-14-4-3-5-14/h6-9,14,16-17H,3-5,10-13H2,1-2H3/t16-,17+/m1/s1. The number of likely N-dealkylation sites (tertiary alicyclic amines) is 1.